The molecule has 2 heterocycles. The molecule has 0 bridgehead atoms. The van der Waals surface area contributed by atoms with Crippen LogP contribution in [-0.2, 0) is 6.54 Å². The molecule has 19 heavy (non-hydrogen) atoms. The van der Waals surface area contributed by atoms with E-state index in [-0.39, 0.29) is 0 Å². The molecule has 0 unspecified atom stereocenters. The standard InChI is InChI=1S/C14H12BrN3O/c1-9-7-17-13(19-9)8-18-14-11-3-2-4-12(15)10(11)5-6-16-14/h2-7H,8H2,1H3,(H,16,18). The first-order valence-electron chi connectivity index (χ1n) is 5.92. The van der Waals surface area contributed by atoms with Crippen molar-refractivity contribution in [1.82, 2.24) is 9.97 Å². The molecule has 0 radical (unpaired) electrons. The van der Waals surface area contributed by atoms with E-state index < -0.39 is 0 Å². The number of aromatic nitrogens is 2. The lowest BCUT2D eigenvalue weighted by Crippen LogP contribution is -2.02. The van der Waals surface area contributed by atoms with E-state index in [9.17, 15) is 0 Å². The molecule has 4 nitrogen and oxygen atoms in total. The van der Waals surface area contributed by atoms with E-state index in [4.69, 9.17) is 4.42 Å². The Morgan fingerprint density at radius 2 is 2.11 bits per heavy atom. The van der Waals surface area contributed by atoms with Gasteiger partial charge in [0.05, 0.1) is 12.7 Å². The van der Waals surface area contributed by atoms with Gasteiger partial charge in [-0.05, 0) is 19.1 Å². The van der Waals surface area contributed by atoms with Gasteiger partial charge in [0.1, 0.15) is 11.6 Å². The molecule has 0 amide bonds. The first kappa shape index (κ1) is 12.2. The maximum Gasteiger partial charge on any atom is 0.213 e. The van der Waals surface area contributed by atoms with Crippen molar-refractivity contribution in [2.45, 2.75) is 13.5 Å². The zero-order valence-electron chi connectivity index (χ0n) is 10.4. The van der Waals surface area contributed by atoms with E-state index in [2.05, 4.69) is 31.2 Å². The number of rotatable bonds is 3. The molecule has 0 fully saturated rings. The van der Waals surface area contributed by atoms with Crippen molar-refractivity contribution in [3.05, 3.63) is 52.8 Å². The van der Waals surface area contributed by atoms with E-state index >= 15 is 0 Å². The Hall–Kier alpha value is -1.88. The normalized spacial score (nSPS) is 10.8. The number of halogens is 1. The predicted octanol–water partition coefficient (Wildman–Crippen LogP) is 3.91. The molecular formula is C14H12BrN3O. The van der Waals surface area contributed by atoms with Crippen molar-refractivity contribution in [3.63, 3.8) is 0 Å². The largest absolute Gasteiger partial charge is 0.444 e. The molecule has 0 aliphatic carbocycles. The summed E-state index contributed by atoms with van der Waals surface area (Å²) < 4.78 is 6.49. The highest BCUT2D eigenvalue weighted by Gasteiger charge is 2.06. The van der Waals surface area contributed by atoms with Crippen LogP contribution >= 0.6 is 15.9 Å². The van der Waals surface area contributed by atoms with E-state index in [1.54, 1.807) is 12.4 Å². The Morgan fingerprint density at radius 3 is 2.89 bits per heavy atom. The Balaban J connectivity index is 1.91. The third kappa shape index (κ3) is 2.46. The van der Waals surface area contributed by atoms with E-state index in [1.165, 1.54) is 0 Å². The van der Waals surface area contributed by atoms with Gasteiger partial charge in [-0.2, -0.15) is 0 Å². The highest BCUT2D eigenvalue weighted by Crippen LogP contribution is 2.27. The van der Waals surface area contributed by atoms with Gasteiger partial charge in [0, 0.05) is 21.4 Å². The summed E-state index contributed by atoms with van der Waals surface area (Å²) in [5, 5.41) is 5.45. The Bertz CT molecular complexity index is 724. The number of hydrogen-bond acceptors (Lipinski definition) is 4. The average Bonchev–Trinajstić information content (AvgIpc) is 2.83. The number of nitrogens with one attached hydrogen (secondary N) is 1. The molecule has 3 rings (SSSR count). The fourth-order valence-electron chi connectivity index (χ4n) is 1.95. The summed E-state index contributed by atoms with van der Waals surface area (Å²) in [5.41, 5.74) is 0. The minimum atomic E-state index is 0.520. The SMILES string of the molecule is Cc1cnc(CNc2nccc3c(Br)cccc23)o1. The minimum absolute atomic E-state index is 0.520. The molecule has 1 N–H and O–H groups in total. The van der Waals surface area contributed by atoms with E-state index in [0.717, 1.165) is 26.8 Å². The molecule has 96 valence electrons. The summed E-state index contributed by atoms with van der Waals surface area (Å²) in [6, 6.07) is 8.04. The Kier molecular flexibility index (Phi) is 3.21. The van der Waals surface area contributed by atoms with Crippen LogP contribution in [-0.4, -0.2) is 9.97 Å². The van der Waals surface area contributed by atoms with Crippen LogP contribution in [0.1, 0.15) is 11.7 Å². The van der Waals surface area contributed by atoms with Crippen LogP contribution in [0, 0.1) is 6.92 Å². The molecule has 5 heteroatoms. The van der Waals surface area contributed by atoms with Gasteiger partial charge in [0.15, 0.2) is 0 Å². The first-order chi connectivity index (χ1) is 9.24. The summed E-state index contributed by atoms with van der Waals surface area (Å²) >= 11 is 3.54. The third-order valence-electron chi connectivity index (χ3n) is 2.83. The number of aryl methyl sites for hydroxylation is 1. The van der Waals surface area contributed by atoms with Gasteiger partial charge in [0.2, 0.25) is 5.89 Å². The predicted molar refractivity (Wildman–Crippen MR) is 78.0 cm³/mol. The second-order valence-corrected chi connectivity index (χ2v) is 5.07. The zero-order valence-corrected chi connectivity index (χ0v) is 11.9. The monoisotopic (exact) mass is 317 g/mol. The number of anilines is 1. The van der Waals surface area contributed by atoms with Gasteiger partial charge >= 0.3 is 0 Å². The molecular weight excluding hydrogens is 306 g/mol. The molecule has 2 aromatic heterocycles. The molecule has 3 aromatic rings. The smallest absolute Gasteiger partial charge is 0.213 e. The summed E-state index contributed by atoms with van der Waals surface area (Å²) in [7, 11) is 0. The topological polar surface area (TPSA) is 51.0 Å². The third-order valence-corrected chi connectivity index (χ3v) is 3.52. The molecule has 0 atom stereocenters. The van der Waals surface area contributed by atoms with E-state index in [1.807, 2.05) is 31.2 Å². The number of nitrogens with zero attached hydrogens (tertiary/aromatic N) is 2. The lowest BCUT2D eigenvalue weighted by atomic mass is 10.1. The van der Waals surface area contributed by atoms with Crippen molar-refractivity contribution < 1.29 is 4.42 Å². The fourth-order valence-corrected chi connectivity index (χ4v) is 2.45. The number of fused-ring (bicyclic) bond motifs is 1. The lowest BCUT2D eigenvalue weighted by Gasteiger charge is -2.07. The highest BCUT2D eigenvalue weighted by molar-refractivity contribution is 9.10. The van der Waals surface area contributed by atoms with Gasteiger partial charge in [-0.1, -0.05) is 28.1 Å². The molecule has 0 aliphatic rings. The van der Waals surface area contributed by atoms with Crippen LogP contribution in [0.25, 0.3) is 10.8 Å². The van der Waals surface area contributed by atoms with Crippen LogP contribution < -0.4 is 5.32 Å². The number of benzene rings is 1. The molecule has 0 saturated heterocycles. The molecule has 0 spiro atoms. The molecule has 0 saturated carbocycles. The number of hydrogen-bond donors (Lipinski definition) is 1. The highest BCUT2D eigenvalue weighted by atomic mass is 79.9. The Morgan fingerprint density at radius 1 is 1.21 bits per heavy atom. The van der Waals surface area contributed by atoms with Crippen LogP contribution in [0.5, 0.6) is 0 Å². The van der Waals surface area contributed by atoms with Crippen molar-refractivity contribution >= 4 is 32.5 Å². The molecule has 1 aromatic carbocycles. The van der Waals surface area contributed by atoms with Gasteiger partial charge in [-0.3, -0.25) is 0 Å². The average molecular weight is 318 g/mol. The minimum Gasteiger partial charge on any atom is -0.444 e. The van der Waals surface area contributed by atoms with Gasteiger partial charge in [0.25, 0.3) is 0 Å². The number of oxazole rings is 1. The maximum absolute atomic E-state index is 5.43. The Labute approximate surface area is 119 Å². The summed E-state index contributed by atoms with van der Waals surface area (Å²) in [5.74, 6) is 2.30. The van der Waals surface area contributed by atoms with Gasteiger partial charge < -0.3 is 9.73 Å². The second kappa shape index (κ2) is 5.01. The van der Waals surface area contributed by atoms with Crippen molar-refractivity contribution in [2.75, 3.05) is 5.32 Å². The van der Waals surface area contributed by atoms with Crippen LogP contribution in [0.3, 0.4) is 0 Å². The summed E-state index contributed by atoms with van der Waals surface area (Å²) in [6.07, 6.45) is 3.50. The van der Waals surface area contributed by atoms with Crippen molar-refractivity contribution in [1.29, 1.82) is 0 Å². The van der Waals surface area contributed by atoms with Crippen molar-refractivity contribution in [2.24, 2.45) is 0 Å². The maximum atomic E-state index is 5.43. The first-order valence-corrected chi connectivity index (χ1v) is 6.72. The quantitative estimate of drug-likeness (QED) is 0.795. The van der Waals surface area contributed by atoms with E-state index in [0.29, 0.717) is 12.4 Å². The second-order valence-electron chi connectivity index (χ2n) is 4.21. The zero-order chi connectivity index (χ0) is 13.2. The van der Waals surface area contributed by atoms with Crippen LogP contribution in [0.2, 0.25) is 0 Å². The number of pyridine rings is 1. The fraction of sp³-hybridized carbons (Fsp3) is 0.143. The summed E-state index contributed by atoms with van der Waals surface area (Å²) in [6.45, 7) is 2.40. The lowest BCUT2D eigenvalue weighted by molar-refractivity contribution is 0.479. The molecule has 0 aliphatic heterocycles. The van der Waals surface area contributed by atoms with Crippen molar-refractivity contribution in [3.8, 4) is 0 Å². The van der Waals surface area contributed by atoms with Crippen LogP contribution in [0.15, 0.2) is 45.5 Å². The van der Waals surface area contributed by atoms with Gasteiger partial charge in [-0.15, -0.1) is 0 Å². The van der Waals surface area contributed by atoms with Gasteiger partial charge in [-0.25, -0.2) is 9.97 Å². The van der Waals surface area contributed by atoms with Crippen LogP contribution in [0.4, 0.5) is 5.82 Å². The summed E-state index contributed by atoms with van der Waals surface area (Å²) in [4.78, 5) is 8.53.